The van der Waals surface area contributed by atoms with Crippen LogP contribution in [0.5, 0.6) is 5.75 Å². The maximum Gasteiger partial charge on any atom is 0.272 e. The highest BCUT2D eigenvalue weighted by molar-refractivity contribution is 5.90. The van der Waals surface area contributed by atoms with Crippen molar-refractivity contribution < 1.29 is 13.5 Å². The molecule has 4 rings (SSSR count). The fourth-order valence-electron chi connectivity index (χ4n) is 3.18. The van der Waals surface area contributed by atoms with Gasteiger partial charge in [0, 0.05) is 29.1 Å². The van der Waals surface area contributed by atoms with Crippen molar-refractivity contribution in [2.75, 3.05) is 11.9 Å². The number of halogens is 2. The third kappa shape index (κ3) is 4.71. The second kappa shape index (κ2) is 8.95. The molecule has 0 radical (unpaired) electrons. The van der Waals surface area contributed by atoms with Crippen LogP contribution in [0.15, 0.2) is 48.9 Å². The van der Waals surface area contributed by atoms with E-state index in [1.165, 1.54) is 6.33 Å². The number of alkyl halides is 2. The lowest BCUT2D eigenvalue weighted by atomic mass is 10.1. The van der Waals surface area contributed by atoms with Gasteiger partial charge < -0.3 is 10.1 Å². The minimum atomic E-state index is -2.60. The fraction of sp³-hybridized carbons (Fsp3) is 0.227. The van der Waals surface area contributed by atoms with Crippen LogP contribution in [0.3, 0.4) is 0 Å². The van der Waals surface area contributed by atoms with Gasteiger partial charge in [0.25, 0.3) is 6.43 Å². The number of fused-ring (bicyclic) bond motifs is 1. The largest absolute Gasteiger partial charge is 0.487 e. The number of rotatable bonds is 7. The van der Waals surface area contributed by atoms with Crippen LogP contribution in [-0.4, -0.2) is 38.2 Å². The average Bonchev–Trinajstić information content (AvgIpc) is 2.77. The summed E-state index contributed by atoms with van der Waals surface area (Å²) in [6.45, 7) is 2.89. The molecule has 0 bridgehead atoms. The van der Waals surface area contributed by atoms with Crippen LogP contribution in [0, 0.1) is 13.8 Å². The Kier molecular flexibility index (Phi) is 5.92. The van der Waals surface area contributed by atoms with Crippen molar-refractivity contribution in [1.29, 1.82) is 0 Å². The first-order chi connectivity index (χ1) is 15.0. The average molecular weight is 422 g/mol. The molecule has 31 heavy (non-hydrogen) atoms. The molecule has 0 aliphatic rings. The van der Waals surface area contributed by atoms with Crippen LogP contribution in [0.4, 0.5) is 20.4 Å². The quantitative estimate of drug-likeness (QED) is 0.472. The molecule has 3 aromatic heterocycles. The lowest BCUT2D eigenvalue weighted by molar-refractivity contribution is 0.0811. The van der Waals surface area contributed by atoms with Gasteiger partial charge >= 0.3 is 0 Å². The number of nitrogens with zero attached hydrogens (tertiary/aromatic N) is 5. The molecule has 0 aliphatic heterocycles. The van der Waals surface area contributed by atoms with Gasteiger partial charge in [-0.25, -0.2) is 23.7 Å². The summed E-state index contributed by atoms with van der Waals surface area (Å²) in [5.41, 5.74) is 3.46. The number of nitrogens with one attached hydrogen (secondary N) is 1. The topological polar surface area (TPSA) is 85.7 Å². The van der Waals surface area contributed by atoms with E-state index in [0.717, 1.165) is 16.6 Å². The van der Waals surface area contributed by atoms with Crippen LogP contribution in [0.25, 0.3) is 10.9 Å². The highest BCUT2D eigenvalue weighted by Gasteiger charge is 2.19. The predicted octanol–water partition coefficient (Wildman–Crippen LogP) is 4.41. The van der Waals surface area contributed by atoms with Gasteiger partial charge in [-0.3, -0.25) is 0 Å². The number of ether oxygens (including phenoxy) is 1. The summed E-state index contributed by atoms with van der Waals surface area (Å²) in [6, 6.07) is 11.2. The van der Waals surface area contributed by atoms with E-state index in [4.69, 9.17) is 4.74 Å². The van der Waals surface area contributed by atoms with Crippen molar-refractivity contribution in [2.45, 2.75) is 26.7 Å². The third-order valence-corrected chi connectivity index (χ3v) is 4.65. The summed E-state index contributed by atoms with van der Waals surface area (Å²) in [6.07, 6.45) is 0.739. The molecule has 3 heterocycles. The molecule has 9 heteroatoms. The number of hydrogen-bond acceptors (Lipinski definition) is 7. The number of para-hydroxylation sites is 1. The summed E-state index contributed by atoms with van der Waals surface area (Å²) in [5.74, 6) is 1.35. The molecule has 7 nitrogen and oxygen atoms in total. The molecular weight excluding hydrogens is 402 g/mol. The van der Waals surface area contributed by atoms with Crippen molar-refractivity contribution in [1.82, 2.24) is 25.1 Å². The first kappa shape index (κ1) is 20.5. The summed E-state index contributed by atoms with van der Waals surface area (Å²) >= 11 is 0. The third-order valence-electron chi connectivity index (χ3n) is 4.65. The summed E-state index contributed by atoms with van der Waals surface area (Å²) in [7, 11) is 0. The zero-order valence-corrected chi connectivity index (χ0v) is 17.0. The second-order valence-corrected chi connectivity index (χ2v) is 7.01. The van der Waals surface area contributed by atoms with E-state index in [1.807, 2.05) is 43.3 Å². The smallest absolute Gasteiger partial charge is 0.272 e. The summed E-state index contributed by atoms with van der Waals surface area (Å²) in [5, 5.41) is 12.3. The molecule has 0 saturated carbocycles. The molecule has 0 atom stereocenters. The van der Waals surface area contributed by atoms with Gasteiger partial charge in [-0.15, -0.1) is 0 Å². The highest BCUT2D eigenvalue weighted by Crippen LogP contribution is 2.33. The fourth-order valence-corrected chi connectivity index (χ4v) is 3.18. The van der Waals surface area contributed by atoms with Gasteiger partial charge in [0.15, 0.2) is 0 Å². The van der Waals surface area contributed by atoms with E-state index in [2.05, 4.69) is 30.5 Å². The molecular formula is C22H20F2N6O. The molecule has 0 aliphatic carbocycles. The molecule has 0 saturated heterocycles. The van der Waals surface area contributed by atoms with Crippen LogP contribution in [-0.2, 0) is 6.42 Å². The maximum atomic E-state index is 12.9. The van der Waals surface area contributed by atoms with E-state index in [9.17, 15) is 8.78 Å². The Morgan fingerprint density at radius 1 is 0.968 bits per heavy atom. The summed E-state index contributed by atoms with van der Waals surface area (Å²) in [4.78, 5) is 13.1. The number of aromatic nitrogens is 5. The van der Waals surface area contributed by atoms with Gasteiger partial charge in [-0.05, 0) is 38.1 Å². The zero-order chi connectivity index (χ0) is 21.8. The first-order valence-corrected chi connectivity index (χ1v) is 9.66. The number of benzene rings is 1. The van der Waals surface area contributed by atoms with Gasteiger partial charge in [-0.2, -0.15) is 10.2 Å². The van der Waals surface area contributed by atoms with Crippen molar-refractivity contribution >= 4 is 22.5 Å². The minimum Gasteiger partial charge on any atom is -0.487 e. The monoisotopic (exact) mass is 422 g/mol. The van der Waals surface area contributed by atoms with Crippen LogP contribution in [0.2, 0.25) is 0 Å². The van der Waals surface area contributed by atoms with Gasteiger partial charge in [0.2, 0.25) is 0 Å². The van der Waals surface area contributed by atoms with Gasteiger partial charge in [0.1, 0.15) is 30.3 Å². The van der Waals surface area contributed by atoms with Crippen molar-refractivity contribution in [3.63, 3.8) is 0 Å². The van der Waals surface area contributed by atoms with Crippen molar-refractivity contribution in [2.24, 2.45) is 0 Å². The van der Waals surface area contributed by atoms with E-state index in [1.54, 1.807) is 13.1 Å². The number of hydrogen-bond donors (Lipinski definition) is 1. The van der Waals surface area contributed by atoms with Gasteiger partial charge in [-0.1, -0.05) is 12.1 Å². The summed E-state index contributed by atoms with van der Waals surface area (Å²) < 4.78 is 31.2. The minimum absolute atomic E-state index is 0.298. The Hall–Kier alpha value is -3.75. The Morgan fingerprint density at radius 3 is 2.58 bits per heavy atom. The number of pyridine rings is 1. The zero-order valence-electron chi connectivity index (χ0n) is 17.0. The van der Waals surface area contributed by atoms with E-state index >= 15 is 0 Å². The lowest BCUT2D eigenvalue weighted by Crippen LogP contribution is -2.12. The predicted molar refractivity (Wildman–Crippen MR) is 113 cm³/mol. The van der Waals surface area contributed by atoms with E-state index in [0.29, 0.717) is 40.6 Å². The molecule has 0 unspecified atom stereocenters. The first-order valence-electron chi connectivity index (χ1n) is 9.66. The Morgan fingerprint density at radius 2 is 1.81 bits per heavy atom. The highest BCUT2D eigenvalue weighted by atomic mass is 19.3. The van der Waals surface area contributed by atoms with E-state index < -0.39 is 13.0 Å². The van der Waals surface area contributed by atoms with Crippen LogP contribution < -0.4 is 10.1 Å². The van der Waals surface area contributed by atoms with Crippen molar-refractivity contribution in [3.8, 4) is 5.75 Å². The molecule has 1 N–H and O–H groups in total. The standard InChI is InChI=1S/C22H20F2N6O/c1-13-10-25-22(28-21-16-5-3-4-6-18(16)26-12-27-21)17(20(13)31-11-19(23)24)9-15-8-7-14(2)29-30-15/h3-8,10,12,19H,9,11H2,1-2H3,(H,25,26,27,28). The van der Waals surface area contributed by atoms with Crippen LogP contribution in [0.1, 0.15) is 22.5 Å². The number of anilines is 2. The maximum absolute atomic E-state index is 12.9. The lowest BCUT2D eigenvalue weighted by Gasteiger charge is -2.18. The molecule has 0 amide bonds. The Bertz CT molecular complexity index is 1200. The van der Waals surface area contributed by atoms with E-state index in [-0.39, 0.29) is 0 Å². The van der Waals surface area contributed by atoms with Crippen molar-refractivity contribution in [3.05, 3.63) is 71.4 Å². The number of aryl methyl sites for hydroxylation is 2. The van der Waals surface area contributed by atoms with Crippen LogP contribution >= 0.6 is 0 Å². The molecule has 1 aromatic carbocycles. The molecule has 0 spiro atoms. The Balaban J connectivity index is 1.78. The molecule has 158 valence electrons. The SMILES string of the molecule is Cc1ccc(Cc2c(Nc3ncnc4ccccc34)ncc(C)c2OCC(F)F)nn1. The molecule has 0 fully saturated rings. The molecule has 4 aromatic rings. The Labute approximate surface area is 177 Å². The van der Waals surface area contributed by atoms with Gasteiger partial charge in [0.05, 0.1) is 16.9 Å². The normalized spacial score (nSPS) is 11.1. The second-order valence-electron chi connectivity index (χ2n) is 7.01.